The van der Waals surface area contributed by atoms with Crippen LogP contribution in [0, 0.1) is 6.92 Å². The van der Waals surface area contributed by atoms with Crippen LogP contribution in [0.1, 0.15) is 37.1 Å². The minimum atomic E-state index is -0.651. The lowest BCUT2D eigenvalue weighted by molar-refractivity contribution is -0.121. The lowest BCUT2D eigenvalue weighted by Crippen LogP contribution is -2.49. The Morgan fingerprint density at radius 2 is 2.11 bits per heavy atom. The molecule has 0 unspecified atom stereocenters. The number of aryl methyl sites for hydroxylation is 2. The molecule has 0 radical (unpaired) electrons. The van der Waals surface area contributed by atoms with Crippen molar-refractivity contribution in [2.24, 2.45) is 0 Å². The number of fused-ring (bicyclic) bond motifs is 1. The van der Waals surface area contributed by atoms with Crippen molar-refractivity contribution in [3.05, 3.63) is 35.2 Å². The molecule has 2 aromatic heterocycles. The van der Waals surface area contributed by atoms with Gasteiger partial charge in [-0.15, -0.1) is 0 Å². The quantitative estimate of drug-likeness (QED) is 0.805. The van der Waals surface area contributed by atoms with Gasteiger partial charge in [-0.2, -0.15) is 0 Å². The molecule has 27 heavy (non-hydrogen) atoms. The Morgan fingerprint density at radius 1 is 1.33 bits per heavy atom. The van der Waals surface area contributed by atoms with Crippen LogP contribution in [0.15, 0.2) is 18.3 Å². The van der Waals surface area contributed by atoms with Gasteiger partial charge < -0.3 is 15.3 Å². The SMILES string of the molecule is Cc1ccnc(-c2nc3c(c(N(C)CC(=O)NC(C)(C)CO)n2)CCC3)c1. The van der Waals surface area contributed by atoms with Crippen LogP contribution >= 0.6 is 0 Å². The summed E-state index contributed by atoms with van der Waals surface area (Å²) in [5, 5.41) is 12.2. The summed E-state index contributed by atoms with van der Waals surface area (Å²) >= 11 is 0. The lowest BCUT2D eigenvalue weighted by Gasteiger charge is -2.26. The summed E-state index contributed by atoms with van der Waals surface area (Å²) in [6, 6.07) is 3.91. The molecule has 7 nitrogen and oxygen atoms in total. The number of amides is 1. The average molecular weight is 369 g/mol. The zero-order valence-corrected chi connectivity index (χ0v) is 16.4. The fourth-order valence-electron chi connectivity index (χ4n) is 3.25. The minimum absolute atomic E-state index is 0.117. The second-order valence-electron chi connectivity index (χ2n) is 7.81. The molecule has 0 aromatic carbocycles. The average Bonchev–Trinajstić information content (AvgIpc) is 3.08. The third-order valence-corrected chi connectivity index (χ3v) is 4.67. The van der Waals surface area contributed by atoms with Gasteiger partial charge in [-0.05, 0) is 57.7 Å². The molecule has 0 fully saturated rings. The van der Waals surface area contributed by atoms with Crippen LogP contribution in [0.2, 0.25) is 0 Å². The molecular formula is C20H27N5O2. The molecule has 1 aliphatic rings. The number of nitrogens with zero attached hydrogens (tertiary/aromatic N) is 4. The maximum absolute atomic E-state index is 12.4. The van der Waals surface area contributed by atoms with Crippen LogP contribution in [0.3, 0.4) is 0 Å². The first-order valence-electron chi connectivity index (χ1n) is 9.25. The van der Waals surface area contributed by atoms with E-state index in [4.69, 9.17) is 9.97 Å². The Bertz CT molecular complexity index is 850. The highest BCUT2D eigenvalue weighted by Crippen LogP contribution is 2.30. The lowest BCUT2D eigenvalue weighted by atomic mass is 10.1. The van der Waals surface area contributed by atoms with Crippen molar-refractivity contribution >= 4 is 11.7 Å². The van der Waals surface area contributed by atoms with E-state index in [2.05, 4.69) is 10.3 Å². The fourth-order valence-corrected chi connectivity index (χ4v) is 3.25. The van der Waals surface area contributed by atoms with Crippen molar-refractivity contribution in [1.29, 1.82) is 0 Å². The normalized spacial score (nSPS) is 13.4. The number of carbonyl (C=O) groups is 1. The molecule has 2 N–H and O–H groups in total. The highest BCUT2D eigenvalue weighted by atomic mass is 16.3. The van der Waals surface area contributed by atoms with Gasteiger partial charge in [-0.1, -0.05) is 0 Å². The van der Waals surface area contributed by atoms with Crippen LogP contribution in [0.4, 0.5) is 5.82 Å². The summed E-state index contributed by atoms with van der Waals surface area (Å²) < 4.78 is 0. The standard InChI is InChI=1S/C20H27N5O2/c1-13-8-9-21-16(10-13)18-22-15-7-5-6-14(15)19(23-18)25(4)11-17(27)24-20(2,3)12-26/h8-10,26H,5-7,11-12H2,1-4H3,(H,24,27). The van der Waals surface area contributed by atoms with Crippen LogP contribution in [-0.4, -0.2) is 51.7 Å². The predicted octanol–water partition coefficient (Wildman–Crippen LogP) is 1.66. The summed E-state index contributed by atoms with van der Waals surface area (Å²) in [7, 11) is 1.86. The largest absolute Gasteiger partial charge is 0.394 e. The first-order valence-corrected chi connectivity index (χ1v) is 9.25. The number of carbonyl (C=O) groups excluding carboxylic acids is 1. The van der Waals surface area contributed by atoms with E-state index in [1.165, 1.54) is 0 Å². The van der Waals surface area contributed by atoms with E-state index in [0.29, 0.717) is 5.82 Å². The number of pyridine rings is 1. The van der Waals surface area contributed by atoms with E-state index in [1.807, 2.05) is 31.0 Å². The van der Waals surface area contributed by atoms with Crippen molar-refractivity contribution < 1.29 is 9.90 Å². The van der Waals surface area contributed by atoms with Crippen LogP contribution in [0.5, 0.6) is 0 Å². The molecule has 3 rings (SSSR count). The number of likely N-dealkylation sites (N-methyl/N-ethyl adjacent to an activating group) is 1. The Kier molecular flexibility index (Phi) is 5.41. The summed E-state index contributed by atoms with van der Waals surface area (Å²) in [5.74, 6) is 1.22. The summed E-state index contributed by atoms with van der Waals surface area (Å²) in [6.45, 7) is 5.63. The molecular weight excluding hydrogens is 342 g/mol. The summed E-state index contributed by atoms with van der Waals surface area (Å²) in [5.41, 5.74) is 3.35. The maximum Gasteiger partial charge on any atom is 0.240 e. The molecule has 0 bridgehead atoms. The van der Waals surface area contributed by atoms with Gasteiger partial charge in [0.05, 0.1) is 18.7 Å². The molecule has 1 amide bonds. The monoisotopic (exact) mass is 369 g/mol. The Hall–Kier alpha value is -2.54. The van der Waals surface area contributed by atoms with Crippen LogP contribution in [-0.2, 0) is 17.6 Å². The highest BCUT2D eigenvalue weighted by Gasteiger charge is 2.25. The number of anilines is 1. The Labute approximate surface area is 159 Å². The van der Waals surface area contributed by atoms with Gasteiger partial charge in [-0.25, -0.2) is 9.97 Å². The number of nitrogens with one attached hydrogen (secondary N) is 1. The van der Waals surface area contributed by atoms with Crippen molar-refractivity contribution in [3.63, 3.8) is 0 Å². The van der Waals surface area contributed by atoms with Gasteiger partial charge in [-0.3, -0.25) is 9.78 Å². The van der Waals surface area contributed by atoms with Gasteiger partial charge in [0.1, 0.15) is 11.5 Å². The second-order valence-corrected chi connectivity index (χ2v) is 7.81. The number of rotatable bonds is 6. The molecule has 0 saturated carbocycles. The van der Waals surface area contributed by atoms with Gasteiger partial charge in [0.25, 0.3) is 0 Å². The first kappa shape index (κ1) is 19.2. The van der Waals surface area contributed by atoms with Crippen molar-refractivity contribution in [2.75, 3.05) is 25.1 Å². The summed E-state index contributed by atoms with van der Waals surface area (Å²) in [4.78, 5) is 28.1. The number of aliphatic hydroxyl groups is 1. The zero-order valence-electron chi connectivity index (χ0n) is 16.4. The minimum Gasteiger partial charge on any atom is -0.394 e. The molecule has 2 heterocycles. The fraction of sp³-hybridized carbons (Fsp3) is 0.500. The number of aromatic nitrogens is 3. The van der Waals surface area contributed by atoms with E-state index in [-0.39, 0.29) is 19.1 Å². The highest BCUT2D eigenvalue weighted by molar-refractivity contribution is 5.82. The zero-order chi connectivity index (χ0) is 19.6. The maximum atomic E-state index is 12.4. The molecule has 2 aromatic rings. The first-order chi connectivity index (χ1) is 12.8. The topological polar surface area (TPSA) is 91.2 Å². The Morgan fingerprint density at radius 3 is 2.81 bits per heavy atom. The molecule has 7 heteroatoms. The molecule has 0 aliphatic heterocycles. The van der Waals surface area contributed by atoms with E-state index >= 15 is 0 Å². The molecule has 144 valence electrons. The number of hydrogen-bond acceptors (Lipinski definition) is 6. The molecule has 0 spiro atoms. The van der Waals surface area contributed by atoms with E-state index < -0.39 is 5.54 Å². The van der Waals surface area contributed by atoms with E-state index in [1.54, 1.807) is 20.0 Å². The molecule has 0 atom stereocenters. The molecule has 1 aliphatic carbocycles. The third-order valence-electron chi connectivity index (χ3n) is 4.67. The smallest absolute Gasteiger partial charge is 0.240 e. The van der Waals surface area contributed by atoms with Crippen molar-refractivity contribution in [2.45, 2.75) is 45.6 Å². The second kappa shape index (κ2) is 7.60. The van der Waals surface area contributed by atoms with Gasteiger partial charge >= 0.3 is 0 Å². The van der Waals surface area contributed by atoms with E-state index in [9.17, 15) is 9.90 Å². The van der Waals surface area contributed by atoms with Crippen molar-refractivity contribution in [3.8, 4) is 11.5 Å². The Balaban J connectivity index is 1.89. The van der Waals surface area contributed by atoms with Gasteiger partial charge in [0.2, 0.25) is 5.91 Å². The van der Waals surface area contributed by atoms with Gasteiger partial charge in [0.15, 0.2) is 5.82 Å². The predicted molar refractivity (Wildman–Crippen MR) is 105 cm³/mol. The number of hydrogen-bond donors (Lipinski definition) is 2. The summed E-state index contributed by atoms with van der Waals surface area (Å²) in [6.07, 6.45) is 4.63. The van der Waals surface area contributed by atoms with Crippen molar-refractivity contribution in [1.82, 2.24) is 20.3 Å². The van der Waals surface area contributed by atoms with Crippen LogP contribution in [0.25, 0.3) is 11.5 Å². The van der Waals surface area contributed by atoms with Gasteiger partial charge in [0, 0.05) is 24.5 Å². The molecule has 0 saturated heterocycles. The van der Waals surface area contributed by atoms with E-state index in [0.717, 1.165) is 47.6 Å². The third kappa shape index (κ3) is 4.42. The number of aliphatic hydroxyl groups excluding tert-OH is 1. The van der Waals surface area contributed by atoms with Crippen LogP contribution < -0.4 is 10.2 Å².